The van der Waals surface area contributed by atoms with Gasteiger partial charge >= 0.3 is 0 Å². The summed E-state index contributed by atoms with van der Waals surface area (Å²) >= 11 is 6.32. The number of amides is 1. The summed E-state index contributed by atoms with van der Waals surface area (Å²) in [7, 11) is 0. The first-order valence-electron chi connectivity index (χ1n) is 11.0. The topological polar surface area (TPSA) is 32.3 Å². The number of hydrogen-bond acceptors (Lipinski definition) is 2. The maximum absolute atomic E-state index is 13.0. The first-order chi connectivity index (χ1) is 14.1. The summed E-state index contributed by atoms with van der Waals surface area (Å²) in [5.74, 6) is 0.227. The quantitative estimate of drug-likeness (QED) is 0.724. The van der Waals surface area contributed by atoms with Crippen LogP contribution in [-0.2, 0) is 24.2 Å². The average Bonchev–Trinajstić information content (AvgIpc) is 2.75. The van der Waals surface area contributed by atoms with Crippen LogP contribution in [0.4, 0.5) is 0 Å². The van der Waals surface area contributed by atoms with Gasteiger partial charge in [0.1, 0.15) is 0 Å². The second kappa shape index (κ2) is 9.32. The molecule has 0 aromatic heterocycles. The fourth-order valence-electron chi connectivity index (χ4n) is 4.72. The van der Waals surface area contributed by atoms with Gasteiger partial charge in [-0.15, -0.1) is 0 Å². The number of benzene rings is 2. The van der Waals surface area contributed by atoms with E-state index in [-0.39, 0.29) is 17.9 Å². The van der Waals surface area contributed by atoms with Crippen molar-refractivity contribution in [1.29, 1.82) is 0 Å². The van der Waals surface area contributed by atoms with E-state index < -0.39 is 0 Å². The molecule has 1 saturated heterocycles. The Balaban J connectivity index is 1.36. The van der Waals surface area contributed by atoms with Crippen molar-refractivity contribution in [3.8, 4) is 0 Å². The molecule has 1 fully saturated rings. The van der Waals surface area contributed by atoms with Gasteiger partial charge in [0.25, 0.3) is 0 Å². The Morgan fingerprint density at radius 1 is 1.14 bits per heavy atom. The molecule has 0 spiro atoms. The number of hydrogen-bond donors (Lipinski definition) is 1. The Morgan fingerprint density at radius 2 is 1.93 bits per heavy atom. The number of piperidine rings is 1. The standard InChI is InChI=1S/C25H31ClN2O/c1-18(20-13-12-19-7-2-3-8-21(19)15-20)27-25(29)23-10-6-14-28(17-23)16-22-9-4-5-11-24(22)26/h4-5,9,11-13,15,18,23H,2-3,6-8,10,14,16-17H2,1H3,(H,27,29)/t18-,23+/m0/s1. The third-order valence-electron chi connectivity index (χ3n) is 6.46. The highest BCUT2D eigenvalue weighted by Crippen LogP contribution is 2.26. The van der Waals surface area contributed by atoms with E-state index in [0.29, 0.717) is 0 Å². The largest absolute Gasteiger partial charge is 0.349 e. The second-order valence-corrected chi connectivity index (χ2v) is 9.04. The van der Waals surface area contributed by atoms with Crippen molar-refractivity contribution >= 4 is 17.5 Å². The fourth-order valence-corrected chi connectivity index (χ4v) is 4.91. The number of carbonyl (C=O) groups is 1. The maximum Gasteiger partial charge on any atom is 0.224 e. The van der Waals surface area contributed by atoms with Gasteiger partial charge in [-0.2, -0.15) is 0 Å². The number of likely N-dealkylation sites (tertiary alicyclic amines) is 1. The molecule has 1 heterocycles. The highest BCUT2D eigenvalue weighted by atomic mass is 35.5. The minimum atomic E-state index is 0.0475. The normalized spacial score (nSPS) is 20.7. The number of fused-ring (bicyclic) bond motifs is 1. The minimum Gasteiger partial charge on any atom is -0.349 e. The highest BCUT2D eigenvalue weighted by Gasteiger charge is 2.27. The SMILES string of the molecule is C[C@H](NC(=O)[C@@H]1CCCN(Cc2ccccc2Cl)C1)c1ccc2c(c1)CCCC2. The third-order valence-corrected chi connectivity index (χ3v) is 6.83. The lowest BCUT2D eigenvalue weighted by Crippen LogP contribution is -2.43. The monoisotopic (exact) mass is 410 g/mol. The van der Waals surface area contributed by atoms with Crippen LogP contribution in [0.25, 0.3) is 0 Å². The molecular weight excluding hydrogens is 380 g/mol. The van der Waals surface area contributed by atoms with Crippen molar-refractivity contribution in [2.24, 2.45) is 5.92 Å². The highest BCUT2D eigenvalue weighted by molar-refractivity contribution is 6.31. The van der Waals surface area contributed by atoms with Crippen molar-refractivity contribution < 1.29 is 4.79 Å². The molecule has 2 aliphatic rings. The van der Waals surface area contributed by atoms with Gasteiger partial charge in [0.05, 0.1) is 12.0 Å². The van der Waals surface area contributed by atoms with Crippen LogP contribution >= 0.6 is 11.6 Å². The van der Waals surface area contributed by atoms with Crippen LogP contribution in [0.5, 0.6) is 0 Å². The van der Waals surface area contributed by atoms with E-state index in [9.17, 15) is 4.79 Å². The lowest BCUT2D eigenvalue weighted by Gasteiger charge is -2.33. The molecule has 0 radical (unpaired) electrons. The smallest absolute Gasteiger partial charge is 0.224 e. The molecule has 2 aromatic carbocycles. The van der Waals surface area contributed by atoms with E-state index in [0.717, 1.165) is 43.1 Å². The van der Waals surface area contributed by atoms with Crippen molar-refractivity contribution in [2.45, 2.75) is 58.0 Å². The van der Waals surface area contributed by atoms with Crippen LogP contribution in [0.3, 0.4) is 0 Å². The van der Waals surface area contributed by atoms with E-state index in [1.807, 2.05) is 18.2 Å². The van der Waals surface area contributed by atoms with Crippen LogP contribution in [0, 0.1) is 5.92 Å². The number of carbonyl (C=O) groups excluding carboxylic acids is 1. The summed E-state index contributed by atoms with van der Waals surface area (Å²) in [4.78, 5) is 15.3. The second-order valence-electron chi connectivity index (χ2n) is 8.63. The number of nitrogens with one attached hydrogen (secondary N) is 1. The lowest BCUT2D eigenvalue weighted by molar-refractivity contribution is -0.127. The summed E-state index contributed by atoms with van der Waals surface area (Å²) in [6.07, 6.45) is 6.95. The van der Waals surface area contributed by atoms with Crippen molar-refractivity contribution in [1.82, 2.24) is 10.2 Å². The van der Waals surface area contributed by atoms with E-state index >= 15 is 0 Å². The molecule has 1 aliphatic heterocycles. The van der Waals surface area contributed by atoms with E-state index in [1.165, 1.54) is 42.4 Å². The number of aryl methyl sites for hydroxylation is 2. The van der Waals surface area contributed by atoms with Gasteiger partial charge in [-0.3, -0.25) is 9.69 Å². The molecule has 4 rings (SSSR count). The number of rotatable bonds is 5. The molecule has 0 bridgehead atoms. The first kappa shape index (κ1) is 20.4. The molecule has 3 nitrogen and oxygen atoms in total. The summed E-state index contributed by atoms with van der Waals surface area (Å²) < 4.78 is 0. The van der Waals surface area contributed by atoms with Crippen LogP contribution in [0.15, 0.2) is 42.5 Å². The molecule has 0 saturated carbocycles. The van der Waals surface area contributed by atoms with Crippen LogP contribution in [0.2, 0.25) is 5.02 Å². The number of nitrogens with zero attached hydrogens (tertiary/aromatic N) is 1. The van der Waals surface area contributed by atoms with Gasteiger partial charge in [0, 0.05) is 18.1 Å². The Kier molecular flexibility index (Phi) is 6.56. The molecule has 1 amide bonds. The molecule has 29 heavy (non-hydrogen) atoms. The fraction of sp³-hybridized carbons (Fsp3) is 0.480. The summed E-state index contributed by atoms with van der Waals surface area (Å²) in [6, 6.07) is 14.8. The van der Waals surface area contributed by atoms with Crippen LogP contribution in [-0.4, -0.2) is 23.9 Å². The predicted octanol–water partition coefficient (Wildman–Crippen LogP) is 5.31. The number of halogens is 1. The van der Waals surface area contributed by atoms with Gasteiger partial charge in [-0.05, 0) is 80.3 Å². The van der Waals surface area contributed by atoms with Gasteiger partial charge < -0.3 is 5.32 Å². The van der Waals surface area contributed by atoms with E-state index in [4.69, 9.17) is 11.6 Å². The lowest BCUT2D eigenvalue weighted by atomic mass is 9.89. The molecule has 4 heteroatoms. The Morgan fingerprint density at radius 3 is 2.76 bits per heavy atom. The predicted molar refractivity (Wildman–Crippen MR) is 119 cm³/mol. The zero-order chi connectivity index (χ0) is 20.2. The Hall–Kier alpha value is -1.84. The van der Waals surface area contributed by atoms with Gasteiger partial charge in [0.15, 0.2) is 0 Å². The minimum absolute atomic E-state index is 0.0475. The van der Waals surface area contributed by atoms with Gasteiger partial charge in [-0.1, -0.05) is 48.0 Å². The van der Waals surface area contributed by atoms with Gasteiger partial charge in [0.2, 0.25) is 5.91 Å². The summed E-state index contributed by atoms with van der Waals surface area (Å²) in [5.41, 5.74) is 5.32. The Bertz CT molecular complexity index is 866. The maximum atomic E-state index is 13.0. The molecule has 154 valence electrons. The Labute approximate surface area is 179 Å². The van der Waals surface area contributed by atoms with Gasteiger partial charge in [-0.25, -0.2) is 0 Å². The zero-order valence-electron chi connectivity index (χ0n) is 17.3. The zero-order valence-corrected chi connectivity index (χ0v) is 18.0. The molecule has 1 N–H and O–H groups in total. The molecule has 1 aliphatic carbocycles. The third kappa shape index (κ3) is 5.02. The van der Waals surface area contributed by atoms with Crippen molar-refractivity contribution in [3.05, 3.63) is 69.7 Å². The molecule has 2 aromatic rings. The summed E-state index contributed by atoms with van der Waals surface area (Å²) in [5, 5.41) is 4.08. The summed E-state index contributed by atoms with van der Waals surface area (Å²) in [6.45, 7) is 4.74. The first-order valence-corrected chi connectivity index (χ1v) is 11.4. The average molecular weight is 411 g/mol. The molecule has 2 atom stereocenters. The van der Waals surface area contributed by atoms with Crippen molar-refractivity contribution in [3.63, 3.8) is 0 Å². The van der Waals surface area contributed by atoms with Crippen LogP contribution < -0.4 is 5.32 Å². The molecule has 0 unspecified atom stereocenters. The van der Waals surface area contributed by atoms with Crippen molar-refractivity contribution in [2.75, 3.05) is 13.1 Å². The molecular formula is C25H31ClN2O. The van der Waals surface area contributed by atoms with E-state index in [1.54, 1.807) is 0 Å². The van der Waals surface area contributed by atoms with E-state index in [2.05, 4.69) is 41.4 Å². The van der Waals surface area contributed by atoms with Crippen LogP contribution in [0.1, 0.15) is 60.9 Å².